The van der Waals surface area contributed by atoms with E-state index in [0.717, 1.165) is 6.08 Å². The molecule has 1 aromatic carbocycles. The first-order chi connectivity index (χ1) is 20.8. The first kappa shape index (κ1) is 33.6. The second-order valence-electron chi connectivity index (χ2n) is 12.2. The predicted octanol–water partition coefficient (Wildman–Crippen LogP) is 4.61. The number of carbonyl (C=O) groups excluding carboxylic acids is 4. The van der Waals surface area contributed by atoms with E-state index in [2.05, 4.69) is 16.0 Å². The van der Waals surface area contributed by atoms with Crippen molar-refractivity contribution < 1.29 is 37.1 Å². The van der Waals surface area contributed by atoms with Gasteiger partial charge in [0.15, 0.2) is 0 Å². The largest absolute Gasteiger partial charge is 0.461 e. The molecule has 0 spiro atoms. The zero-order valence-corrected chi connectivity index (χ0v) is 25.8. The topological polar surface area (TPSA) is 117 Å². The fraction of sp³-hybridized carbons (Fsp3) is 0.613. The lowest BCUT2D eigenvalue weighted by atomic mass is 9.71. The van der Waals surface area contributed by atoms with E-state index in [4.69, 9.17) is 16.3 Å². The Balaban J connectivity index is 1.65. The number of piperidine rings is 2. The fourth-order valence-electron chi connectivity index (χ4n) is 6.53. The highest BCUT2D eigenvalue weighted by Crippen LogP contribution is 2.49. The van der Waals surface area contributed by atoms with Gasteiger partial charge in [0.25, 0.3) is 5.92 Å². The van der Waals surface area contributed by atoms with Gasteiger partial charge in [-0.25, -0.2) is 13.6 Å². The number of fused-ring (bicyclic) bond motifs is 3. The van der Waals surface area contributed by atoms with E-state index in [1.807, 2.05) is 13.8 Å². The molecule has 6 atom stereocenters. The molecule has 1 aliphatic carbocycles. The number of amides is 3. The van der Waals surface area contributed by atoms with Crippen LogP contribution in [0.2, 0.25) is 5.02 Å². The van der Waals surface area contributed by atoms with Crippen LogP contribution in [0.15, 0.2) is 36.2 Å². The maximum atomic E-state index is 15.3. The van der Waals surface area contributed by atoms with Crippen molar-refractivity contribution in [2.45, 2.75) is 89.4 Å². The standard InChI is InChI=1S/C31H40ClF3N4O5/c1-4-44-30(43)24(33)15-21(13-18-10-11-36-27(18)40)38-28(41)26-23-9-8-22(16-31(23,34)35)39(26)29(42)25(12-17(2)3)37-20-7-5-6-19(32)14-20/h5-7,14-15,17-18,21-23,25-26,37H,4,8-13,16H2,1-3H3,(H,36,40)(H,38,41)/b24-15-/t18-,21-,22-,23-,25-,26-/m1/s1. The zero-order valence-electron chi connectivity index (χ0n) is 25.1. The lowest BCUT2D eigenvalue weighted by molar-refractivity contribution is -0.194. The Morgan fingerprint density at radius 2 is 1.98 bits per heavy atom. The van der Waals surface area contributed by atoms with Crippen molar-refractivity contribution in [3.8, 4) is 0 Å². The third-order valence-electron chi connectivity index (χ3n) is 8.48. The molecular weight excluding hydrogens is 601 g/mol. The molecule has 242 valence electrons. The molecule has 9 nitrogen and oxygen atoms in total. The van der Waals surface area contributed by atoms with Gasteiger partial charge < -0.3 is 25.6 Å². The summed E-state index contributed by atoms with van der Waals surface area (Å²) in [5.74, 6) is -9.42. The number of hydrogen-bond acceptors (Lipinski definition) is 6. The Labute approximate surface area is 260 Å². The lowest BCUT2D eigenvalue weighted by Gasteiger charge is -2.54. The first-order valence-corrected chi connectivity index (χ1v) is 15.5. The van der Waals surface area contributed by atoms with Crippen molar-refractivity contribution in [3.63, 3.8) is 0 Å². The van der Waals surface area contributed by atoms with Crippen molar-refractivity contribution in [2.24, 2.45) is 17.8 Å². The Hall–Kier alpha value is -3.28. The second kappa shape index (κ2) is 14.2. The minimum absolute atomic E-state index is 0.0266. The van der Waals surface area contributed by atoms with Gasteiger partial charge >= 0.3 is 5.97 Å². The van der Waals surface area contributed by atoms with Crippen molar-refractivity contribution in [3.05, 3.63) is 41.2 Å². The maximum absolute atomic E-state index is 15.3. The van der Waals surface area contributed by atoms with Gasteiger partial charge in [0.1, 0.15) is 12.1 Å². The number of rotatable bonds is 12. The molecular formula is C31H40ClF3N4O5. The first-order valence-electron chi connectivity index (χ1n) is 15.1. The maximum Gasteiger partial charge on any atom is 0.366 e. The molecule has 3 amide bonds. The van der Waals surface area contributed by atoms with Crippen molar-refractivity contribution in [1.29, 1.82) is 0 Å². The highest BCUT2D eigenvalue weighted by Gasteiger charge is 2.61. The van der Waals surface area contributed by atoms with Gasteiger partial charge in [-0.2, -0.15) is 4.39 Å². The number of benzene rings is 1. The fourth-order valence-corrected chi connectivity index (χ4v) is 6.72. The molecule has 1 saturated carbocycles. The van der Waals surface area contributed by atoms with E-state index >= 15 is 8.78 Å². The van der Waals surface area contributed by atoms with Crippen LogP contribution in [0.4, 0.5) is 18.9 Å². The minimum Gasteiger partial charge on any atom is -0.461 e. The monoisotopic (exact) mass is 640 g/mol. The van der Waals surface area contributed by atoms with Gasteiger partial charge in [0.05, 0.1) is 18.6 Å². The van der Waals surface area contributed by atoms with Gasteiger partial charge in [-0.3, -0.25) is 14.4 Å². The lowest BCUT2D eigenvalue weighted by Crippen LogP contribution is -2.70. The second-order valence-corrected chi connectivity index (χ2v) is 12.6. The third-order valence-corrected chi connectivity index (χ3v) is 8.71. The highest BCUT2D eigenvalue weighted by atomic mass is 35.5. The normalized spacial score (nSPS) is 25.8. The molecule has 5 rings (SSSR count). The quantitative estimate of drug-likeness (QED) is 0.227. The van der Waals surface area contributed by atoms with Crippen LogP contribution in [0, 0.1) is 17.8 Å². The molecule has 4 aliphatic rings. The van der Waals surface area contributed by atoms with Gasteiger partial charge in [-0.15, -0.1) is 0 Å². The summed E-state index contributed by atoms with van der Waals surface area (Å²) in [5, 5.41) is 8.90. The zero-order chi connectivity index (χ0) is 32.2. The van der Waals surface area contributed by atoms with Crippen molar-refractivity contribution in [1.82, 2.24) is 15.5 Å². The molecule has 1 aromatic rings. The van der Waals surface area contributed by atoms with Crippen LogP contribution in [0.5, 0.6) is 0 Å². The summed E-state index contributed by atoms with van der Waals surface area (Å²) >= 11 is 6.14. The Morgan fingerprint density at radius 3 is 2.59 bits per heavy atom. The number of nitrogens with zero attached hydrogens (tertiary/aromatic N) is 1. The Kier molecular flexibility index (Phi) is 10.9. The number of anilines is 1. The molecule has 0 radical (unpaired) electrons. The van der Waals surface area contributed by atoms with E-state index in [9.17, 15) is 23.6 Å². The number of hydrogen-bond donors (Lipinski definition) is 3. The van der Waals surface area contributed by atoms with E-state index in [1.165, 1.54) is 11.8 Å². The highest BCUT2D eigenvalue weighted by molar-refractivity contribution is 6.30. The summed E-state index contributed by atoms with van der Waals surface area (Å²) in [7, 11) is 0. The van der Waals surface area contributed by atoms with Gasteiger partial charge in [0, 0.05) is 35.6 Å². The molecule has 3 aliphatic heterocycles. The average molecular weight is 641 g/mol. The molecule has 3 heterocycles. The summed E-state index contributed by atoms with van der Waals surface area (Å²) in [5.41, 5.74) is 0.569. The summed E-state index contributed by atoms with van der Waals surface area (Å²) < 4.78 is 50.1. The van der Waals surface area contributed by atoms with Crippen molar-refractivity contribution in [2.75, 3.05) is 18.5 Å². The summed E-state index contributed by atoms with van der Waals surface area (Å²) in [4.78, 5) is 53.7. The molecule has 0 unspecified atom stereocenters. The molecule has 2 bridgehead atoms. The van der Waals surface area contributed by atoms with Crippen LogP contribution in [-0.4, -0.2) is 71.8 Å². The average Bonchev–Trinajstić information content (AvgIpc) is 3.35. The molecule has 13 heteroatoms. The smallest absolute Gasteiger partial charge is 0.366 e. The summed E-state index contributed by atoms with van der Waals surface area (Å²) in [6.07, 6.45) is 1.32. The Morgan fingerprint density at radius 1 is 1.23 bits per heavy atom. The third kappa shape index (κ3) is 7.86. The van der Waals surface area contributed by atoms with E-state index in [-0.39, 0.29) is 31.3 Å². The summed E-state index contributed by atoms with van der Waals surface area (Å²) in [6.45, 7) is 5.67. The molecule has 3 saturated heterocycles. The van der Waals surface area contributed by atoms with Crippen LogP contribution >= 0.6 is 11.6 Å². The molecule has 3 N–H and O–H groups in total. The number of ether oxygens (including phenoxy) is 1. The Bertz CT molecular complexity index is 1280. The molecule has 0 aromatic heterocycles. The van der Waals surface area contributed by atoms with Crippen LogP contribution in [0.3, 0.4) is 0 Å². The van der Waals surface area contributed by atoms with E-state index in [1.54, 1.807) is 24.3 Å². The molecule has 44 heavy (non-hydrogen) atoms. The number of halogens is 4. The SMILES string of the molecule is CCOC(=O)/C(F)=C/[C@@H](C[C@H]1CCNC1=O)NC(=O)[C@H]1[C@H]2CC[C@H](CC2(F)F)N1C(=O)[C@@H](CC(C)C)Nc1cccc(Cl)c1. The molecule has 4 fully saturated rings. The number of esters is 1. The summed E-state index contributed by atoms with van der Waals surface area (Å²) in [6, 6.07) is 2.33. The van der Waals surface area contributed by atoms with Gasteiger partial charge in [-0.1, -0.05) is 31.5 Å². The predicted molar refractivity (Wildman–Crippen MR) is 159 cm³/mol. The van der Waals surface area contributed by atoms with Crippen LogP contribution in [0.1, 0.15) is 59.3 Å². The van der Waals surface area contributed by atoms with Gasteiger partial charge in [0.2, 0.25) is 23.5 Å². The van der Waals surface area contributed by atoms with Crippen LogP contribution < -0.4 is 16.0 Å². The number of carbonyl (C=O) groups is 4. The van der Waals surface area contributed by atoms with Crippen molar-refractivity contribution >= 4 is 41.0 Å². The van der Waals surface area contributed by atoms with Gasteiger partial charge in [-0.05, 0) is 69.2 Å². The van der Waals surface area contributed by atoms with Crippen LogP contribution in [0.25, 0.3) is 0 Å². The minimum atomic E-state index is -3.21. The van der Waals surface area contributed by atoms with E-state index < -0.39 is 72.0 Å². The number of nitrogens with one attached hydrogen (secondary N) is 3. The van der Waals surface area contributed by atoms with Crippen LogP contribution in [-0.2, 0) is 23.9 Å². The number of alkyl halides is 2. The van der Waals surface area contributed by atoms with E-state index in [0.29, 0.717) is 36.5 Å².